The summed E-state index contributed by atoms with van der Waals surface area (Å²) in [5, 5.41) is 9.26. The molecule has 2 saturated heterocycles. The van der Waals surface area contributed by atoms with Crippen LogP contribution in [0, 0.1) is 58.7 Å². The van der Waals surface area contributed by atoms with Crippen LogP contribution < -0.4 is 10.2 Å². The van der Waals surface area contributed by atoms with Crippen LogP contribution in [0.15, 0.2) is 18.2 Å². The molecule has 12 atom stereocenters. The minimum Gasteiger partial charge on any atom is -0.490 e. The highest BCUT2D eigenvalue weighted by Gasteiger charge is 2.87. The molecule has 2 N–H and O–H groups in total. The van der Waals surface area contributed by atoms with Crippen LogP contribution in [-0.4, -0.2) is 58.9 Å². The summed E-state index contributed by atoms with van der Waals surface area (Å²) in [6.45, 7) is 21.4. The number of carbonyl (C=O) groups excluding carboxylic acids is 1. The van der Waals surface area contributed by atoms with Gasteiger partial charge in [0, 0.05) is 30.1 Å². The summed E-state index contributed by atoms with van der Waals surface area (Å²) in [4.78, 5) is 30.4. The van der Waals surface area contributed by atoms with E-state index < -0.39 is 29.1 Å². The van der Waals surface area contributed by atoms with Crippen molar-refractivity contribution < 1.29 is 38.5 Å². The van der Waals surface area contributed by atoms with E-state index in [4.69, 9.17) is 23.8 Å². The highest BCUT2D eigenvalue weighted by molar-refractivity contribution is 5.68. The number of aliphatic carboxylic acids is 1. The lowest BCUT2D eigenvalue weighted by molar-refractivity contribution is -0.399. The summed E-state index contributed by atoms with van der Waals surface area (Å²) in [6, 6.07) is 6.58. The molecule has 5 aliphatic carbocycles. The molecular weight excluding hydrogens is 646 g/mol. The molecule has 51 heavy (non-hydrogen) atoms. The molecule has 1 aromatic carbocycles. The number of carboxylic acids is 1. The SMILES string of the molecule is CC(=O)O[C@H]1[C@@H]2O[C@@]3(C(C)(C)ONCC(=O)O)CC[C@](C)(O3)C2[C@@]2(C)CC[C@@]34C[C@@]35CC[C@H](Oc3cc(C)cc(C)c3)C(C)(C)C5CCC4[C@]12C. The molecule has 5 saturated carbocycles. The number of rotatable bonds is 8. The first-order valence-electron chi connectivity index (χ1n) is 19.6. The number of hydrogen-bond acceptors (Lipinski definition) is 8. The number of hydroxylamine groups is 1. The Hall–Kier alpha value is -2.20. The number of fused-ring (bicyclic) bond motifs is 7. The Bertz CT molecular complexity index is 1620. The Labute approximate surface area is 304 Å². The van der Waals surface area contributed by atoms with Crippen LogP contribution >= 0.6 is 0 Å². The number of aryl methyl sites for hydroxylation is 2. The van der Waals surface area contributed by atoms with Gasteiger partial charge in [-0.25, -0.2) is 0 Å². The molecule has 0 radical (unpaired) electrons. The van der Waals surface area contributed by atoms with E-state index in [0.29, 0.717) is 18.3 Å². The molecule has 0 amide bonds. The molecular formula is C42H61NO8. The van der Waals surface area contributed by atoms with E-state index >= 15 is 0 Å². The Morgan fingerprint density at radius 2 is 1.59 bits per heavy atom. The minimum atomic E-state index is -1.12. The van der Waals surface area contributed by atoms with Crippen LogP contribution in [0.1, 0.15) is 124 Å². The third kappa shape index (κ3) is 4.59. The number of carbonyl (C=O) groups is 2. The first-order valence-corrected chi connectivity index (χ1v) is 19.6. The van der Waals surface area contributed by atoms with Gasteiger partial charge in [0.2, 0.25) is 0 Å². The smallest absolute Gasteiger partial charge is 0.319 e. The van der Waals surface area contributed by atoms with Crippen LogP contribution in [0.2, 0.25) is 0 Å². The summed E-state index contributed by atoms with van der Waals surface area (Å²) < 4.78 is 27.8. The highest BCUT2D eigenvalue weighted by Crippen LogP contribution is 2.90. The maximum Gasteiger partial charge on any atom is 0.319 e. The number of nitrogens with one attached hydrogen (secondary N) is 1. The number of esters is 1. The van der Waals surface area contributed by atoms with Crippen molar-refractivity contribution in [1.82, 2.24) is 5.48 Å². The fourth-order valence-electron chi connectivity index (χ4n) is 14.6. The number of hydrogen-bond donors (Lipinski definition) is 2. The summed E-state index contributed by atoms with van der Waals surface area (Å²) >= 11 is 0. The molecule has 0 aromatic heterocycles. The molecule has 9 heteroatoms. The van der Waals surface area contributed by atoms with Gasteiger partial charge in [-0.15, -0.1) is 0 Å². The van der Waals surface area contributed by atoms with Gasteiger partial charge in [-0.3, -0.25) is 14.4 Å². The molecule has 2 spiro atoms. The third-order valence-corrected chi connectivity index (χ3v) is 16.7. The first-order chi connectivity index (χ1) is 23.7. The second-order valence-electron chi connectivity index (χ2n) is 19.7. The van der Waals surface area contributed by atoms with Crippen molar-refractivity contribution in [3.8, 4) is 5.75 Å². The minimum absolute atomic E-state index is 0.0286. The van der Waals surface area contributed by atoms with Crippen LogP contribution in [0.4, 0.5) is 0 Å². The normalized spacial score (nSPS) is 47.3. The van der Waals surface area contributed by atoms with Gasteiger partial charge in [-0.1, -0.05) is 33.8 Å². The van der Waals surface area contributed by atoms with E-state index in [1.165, 1.54) is 37.3 Å². The molecule has 9 nitrogen and oxygen atoms in total. The Balaban J connectivity index is 1.13. The monoisotopic (exact) mass is 707 g/mol. The maximum absolute atomic E-state index is 13.1. The van der Waals surface area contributed by atoms with Crippen LogP contribution in [-0.2, 0) is 28.6 Å². The first kappa shape index (κ1) is 35.8. The maximum atomic E-state index is 13.1. The van der Waals surface area contributed by atoms with Crippen molar-refractivity contribution in [3.05, 3.63) is 29.3 Å². The lowest BCUT2D eigenvalue weighted by atomic mass is 9.41. The van der Waals surface area contributed by atoms with Crippen molar-refractivity contribution in [1.29, 1.82) is 0 Å². The van der Waals surface area contributed by atoms with Crippen LogP contribution in [0.25, 0.3) is 0 Å². The van der Waals surface area contributed by atoms with E-state index in [0.717, 1.165) is 37.9 Å². The molecule has 3 unspecified atom stereocenters. The van der Waals surface area contributed by atoms with E-state index in [1.54, 1.807) is 0 Å². The van der Waals surface area contributed by atoms with Gasteiger partial charge in [-0.2, -0.15) is 5.48 Å². The molecule has 7 fully saturated rings. The second-order valence-corrected chi connectivity index (χ2v) is 19.7. The van der Waals surface area contributed by atoms with Crippen molar-refractivity contribution >= 4 is 11.9 Å². The summed E-state index contributed by atoms with van der Waals surface area (Å²) in [7, 11) is 0. The summed E-state index contributed by atoms with van der Waals surface area (Å²) in [5.74, 6) is -0.412. The average molecular weight is 708 g/mol. The van der Waals surface area contributed by atoms with E-state index in [1.807, 2.05) is 13.8 Å². The molecule has 7 aliphatic rings. The zero-order chi connectivity index (χ0) is 36.8. The Morgan fingerprint density at radius 1 is 0.922 bits per heavy atom. The summed E-state index contributed by atoms with van der Waals surface area (Å²) in [6.07, 6.45) is 8.74. The van der Waals surface area contributed by atoms with Crippen LogP contribution in [0.3, 0.4) is 0 Å². The van der Waals surface area contributed by atoms with Gasteiger partial charge in [0.15, 0.2) is 5.79 Å². The quantitative estimate of drug-likeness (QED) is 0.208. The standard InChI is InChI=1S/C42H61NO8/c1-24-19-25(2)21-27(20-24)48-30-13-14-40-23-41(40)17-15-37(8)33-32(34(47-26(3)44)39(37,10)29(41)12-11-28(40)35(30,4)5)49-42(18-16-38(33,9)50-42)36(6,7)51-43-22-31(45)46/h19-21,28-30,32-34,43H,11-18,22-23H2,1-10H3,(H,45,46)/t28?,29?,30-,32+,33?,34-,37+,38-,39+,40+,41-,42-/m0/s1. The fraction of sp³-hybridized carbons (Fsp3) is 0.810. The molecule has 1 aromatic rings. The van der Waals surface area contributed by atoms with Crippen molar-refractivity contribution in [2.45, 2.75) is 162 Å². The van der Waals surface area contributed by atoms with Gasteiger partial charge in [0.1, 0.15) is 36.2 Å². The number of carboxylic acid groups (broad SMARTS) is 1. The van der Waals surface area contributed by atoms with E-state index in [2.05, 4.69) is 72.1 Å². The average Bonchev–Trinajstić information content (AvgIpc) is 3.53. The molecule has 2 bridgehead atoms. The highest BCUT2D eigenvalue weighted by atomic mass is 16.8. The third-order valence-electron chi connectivity index (χ3n) is 16.7. The number of ether oxygens (including phenoxy) is 4. The Kier molecular flexibility index (Phi) is 7.69. The lowest BCUT2D eigenvalue weighted by Gasteiger charge is -2.64. The van der Waals surface area contributed by atoms with Gasteiger partial charge < -0.3 is 24.1 Å². The fourth-order valence-corrected chi connectivity index (χ4v) is 14.6. The van der Waals surface area contributed by atoms with Crippen LogP contribution in [0.5, 0.6) is 5.75 Å². The van der Waals surface area contributed by atoms with Gasteiger partial charge in [-0.05, 0) is 137 Å². The summed E-state index contributed by atoms with van der Waals surface area (Å²) in [5.41, 5.74) is 3.59. The zero-order valence-electron chi connectivity index (χ0n) is 32.6. The predicted molar refractivity (Wildman–Crippen MR) is 191 cm³/mol. The van der Waals surface area contributed by atoms with E-state index in [9.17, 15) is 14.7 Å². The zero-order valence-corrected chi connectivity index (χ0v) is 32.6. The lowest BCUT2D eigenvalue weighted by Crippen LogP contribution is -2.65. The molecule has 2 heterocycles. The van der Waals surface area contributed by atoms with Crippen molar-refractivity contribution in [3.63, 3.8) is 0 Å². The topological polar surface area (TPSA) is 113 Å². The predicted octanol–water partition coefficient (Wildman–Crippen LogP) is 7.69. The Morgan fingerprint density at radius 3 is 2.25 bits per heavy atom. The van der Waals surface area contributed by atoms with Crippen molar-refractivity contribution in [2.24, 2.45) is 44.8 Å². The second kappa shape index (κ2) is 10.9. The van der Waals surface area contributed by atoms with Gasteiger partial charge >= 0.3 is 11.9 Å². The van der Waals surface area contributed by atoms with Gasteiger partial charge in [0.25, 0.3) is 0 Å². The van der Waals surface area contributed by atoms with E-state index in [-0.39, 0.29) is 57.7 Å². The van der Waals surface area contributed by atoms with Crippen molar-refractivity contribution in [2.75, 3.05) is 6.54 Å². The largest absolute Gasteiger partial charge is 0.490 e. The van der Waals surface area contributed by atoms with Gasteiger partial charge in [0.05, 0.1) is 5.60 Å². The molecule has 8 rings (SSSR count). The number of benzene rings is 1. The molecule has 282 valence electrons. The molecule has 2 aliphatic heterocycles.